The van der Waals surface area contributed by atoms with E-state index >= 15 is 0 Å². The maximum atomic E-state index is 13.7. The average Bonchev–Trinajstić information content (AvgIpc) is 2.33. The zero-order valence-corrected chi connectivity index (χ0v) is 12.2. The highest BCUT2D eigenvalue weighted by atomic mass is 79.9. The van der Waals surface area contributed by atoms with Crippen LogP contribution < -0.4 is 4.74 Å². The molecule has 2 aromatic rings. The highest BCUT2D eigenvalue weighted by Gasteiger charge is 2.15. The molecule has 100 valence electrons. The molecule has 2 rings (SSSR count). The zero-order chi connectivity index (χ0) is 14.0. The van der Waals surface area contributed by atoms with Crippen molar-refractivity contribution >= 4 is 15.9 Å². The van der Waals surface area contributed by atoms with Crippen LogP contribution >= 0.6 is 15.9 Å². The van der Waals surface area contributed by atoms with E-state index in [-0.39, 0.29) is 5.56 Å². The summed E-state index contributed by atoms with van der Waals surface area (Å²) in [5, 5.41) is 9.66. The number of rotatable bonds is 3. The van der Waals surface area contributed by atoms with Gasteiger partial charge in [-0.1, -0.05) is 28.1 Å². The highest BCUT2D eigenvalue weighted by molar-refractivity contribution is 9.10. The molecule has 0 fully saturated rings. The van der Waals surface area contributed by atoms with Crippen LogP contribution in [0.25, 0.3) is 0 Å². The van der Waals surface area contributed by atoms with Gasteiger partial charge < -0.3 is 9.84 Å². The second-order valence-electron chi connectivity index (χ2n) is 4.34. The van der Waals surface area contributed by atoms with Crippen molar-refractivity contribution in [3.63, 3.8) is 0 Å². The minimum atomic E-state index is -0.927. The lowest BCUT2D eigenvalue weighted by Gasteiger charge is -2.15. The lowest BCUT2D eigenvalue weighted by atomic mass is 10.1. The minimum absolute atomic E-state index is 0.168. The van der Waals surface area contributed by atoms with Gasteiger partial charge in [0, 0.05) is 4.47 Å². The Morgan fingerprint density at radius 2 is 1.95 bits per heavy atom. The Labute approximate surface area is 120 Å². The quantitative estimate of drug-likeness (QED) is 0.883. The number of benzene rings is 2. The van der Waals surface area contributed by atoms with E-state index in [4.69, 9.17) is 4.74 Å². The van der Waals surface area contributed by atoms with E-state index in [1.54, 1.807) is 12.1 Å². The Hall–Kier alpha value is -1.39. The molecule has 0 bridgehead atoms. The van der Waals surface area contributed by atoms with Crippen LogP contribution in [0.3, 0.4) is 0 Å². The Morgan fingerprint density at radius 1 is 1.21 bits per heavy atom. The van der Waals surface area contributed by atoms with Crippen molar-refractivity contribution in [2.45, 2.75) is 20.0 Å². The topological polar surface area (TPSA) is 29.5 Å². The fourth-order valence-corrected chi connectivity index (χ4v) is 2.15. The standard InChI is InChI=1S/C15H14BrFO2/c1-9-6-7-11(16)8-14(9)19-13-5-3-4-12(17)15(13)10(2)18/h3-8,10,18H,1-2H3/t10-/m1/s1. The third-order valence-electron chi connectivity index (χ3n) is 2.80. The second kappa shape index (κ2) is 5.72. The molecule has 0 aliphatic carbocycles. The monoisotopic (exact) mass is 324 g/mol. The first kappa shape index (κ1) is 14.0. The van der Waals surface area contributed by atoms with Crippen molar-refractivity contribution in [3.8, 4) is 11.5 Å². The molecule has 0 aromatic heterocycles. The van der Waals surface area contributed by atoms with Crippen LogP contribution in [-0.2, 0) is 0 Å². The first-order valence-corrected chi connectivity index (χ1v) is 6.69. The predicted octanol–water partition coefficient (Wildman–Crippen LogP) is 4.74. The fourth-order valence-electron chi connectivity index (χ4n) is 1.81. The van der Waals surface area contributed by atoms with Gasteiger partial charge in [0.05, 0.1) is 11.7 Å². The number of hydrogen-bond acceptors (Lipinski definition) is 2. The van der Waals surface area contributed by atoms with E-state index < -0.39 is 11.9 Å². The molecule has 0 heterocycles. The first-order chi connectivity index (χ1) is 8.99. The van der Waals surface area contributed by atoms with E-state index in [2.05, 4.69) is 15.9 Å². The summed E-state index contributed by atoms with van der Waals surface area (Å²) >= 11 is 3.37. The van der Waals surface area contributed by atoms with Crippen molar-refractivity contribution in [1.29, 1.82) is 0 Å². The lowest BCUT2D eigenvalue weighted by Crippen LogP contribution is -2.00. The van der Waals surface area contributed by atoms with E-state index in [9.17, 15) is 9.50 Å². The van der Waals surface area contributed by atoms with Gasteiger partial charge in [-0.3, -0.25) is 0 Å². The number of ether oxygens (including phenoxy) is 1. The summed E-state index contributed by atoms with van der Waals surface area (Å²) in [5.41, 5.74) is 1.10. The van der Waals surface area contributed by atoms with Crippen molar-refractivity contribution in [2.24, 2.45) is 0 Å². The number of aliphatic hydroxyl groups is 1. The maximum Gasteiger partial charge on any atom is 0.136 e. The summed E-state index contributed by atoms with van der Waals surface area (Å²) in [7, 11) is 0. The third kappa shape index (κ3) is 3.14. The van der Waals surface area contributed by atoms with Gasteiger partial charge in [-0.05, 0) is 43.7 Å². The molecule has 0 radical (unpaired) electrons. The van der Waals surface area contributed by atoms with Gasteiger partial charge in [0.15, 0.2) is 0 Å². The maximum absolute atomic E-state index is 13.7. The molecule has 0 spiro atoms. The Bertz CT molecular complexity index is 597. The van der Waals surface area contributed by atoms with Gasteiger partial charge >= 0.3 is 0 Å². The molecule has 0 amide bonds. The van der Waals surface area contributed by atoms with Gasteiger partial charge in [0.2, 0.25) is 0 Å². The summed E-state index contributed by atoms with van der Waals surface area (Å²) in [5.74, 6) is 0.484. The van der Waals surface area contributed by atoms with E-state index in [0.29, 0.717) is 11.5 Å². The van der Waals surface area contributed by atoms with Crippen LogP contribution in [0.5, 0.6) is 11.5 Å². The van der Waals surface area contributed by atoms with Crippen LogP contribution in [0, 0.1) is 12.7 Å². The molecule has 0 saturated heterocycles. The van der Waals surface area contributed by atoms with Gasteiger partial charge in [0.1, 0.15) is 17.3 Å². The highest BCUT2D eigenvalue weighted by Crippen LogP contribution is 2.34. The molecule has 2 aromatic carbocycles. The van der Waals surface area contributed by atoms with Crippen molar-refractivity contribution < 1.29 is 14.2 Å². The van der Waals surface area contributed by atoms with Gasteiger partial charge in [-0.15, -0.1) is 0 Å². The van der Waals surface area contributed by atoms with Gasteiger partial charge in [-0.25, -0.2) is 4.39 Å². The Morgan fingerprint density at radius 3 is 2.63 bits per heavy atom. The van der Waals surface area contributed by atoms with Crippen molar-refractivity contribution in [3.05, 3.63) is 57.8 Å². The van der Waals surface area contributed by atoms with Crippen LogP contribution in [0.4, 0.5) is 4.39 Å². The zero-order valence-electron chi connectivity index (χ0n) is 10.7. The third-order valence-corrected chi connectivity index (χ3v) is 3.29. The number of hydrogen-bond donors (Lipinski definition) is 1. The molecule has 1 atom stereocenters. The van der Waals surface area contributed by atoms with Gasteiger partial charge in [0.25, 0.3) is 0 Å². The lowest BCUT2D eigenvalue weighted by molar-refractivity contribution is 0.190. The molecule has 0 saturated carbocycles. The normalized spacial score (nSPS) is 12.3. The summed E-state index contributed by atoms with van der Waals surface area (Å²) in [6, 6.07) is 10.1. The van der Waals surface area contributed by atoms with Crippen molar-refractivity contribution in [2.75, 3.05) is 0 Å². The average molecular weight is 325 g/mol. The molecule has 0 aliphatic heterocycles. The molecular weight excluding hydrogens is 311 g/mol. The van der Waals surface area contributed by atoms with E-state index in [1.165, 1.54) is 13.0 Å². The molecule has 2 nitrogen and oxygen atoms in total. The number of halogens is 2. The first-order valence-electron chi connectivity index (χ1n) is 5.89. The van der Waals surface area contributed by atoms with Crippen LogP contribution in [0.15, 0.2) is 40.9 Å². The van der Waals surface area contributed by atoms with Crippen LogP contribution in [0.2, 0.25) is 0 Å². The van der Waals surface area contributed by atoms with E-state index in [1.807, 2.05) is 25.1 Å². The molecule has 4 heteroatoms. The smallest absolute Gasteiger partial charge is 0.136 e. The second-order valence-corrected chi connectivity index (χ2v) is 5.26. The largest absolute Gasteiger partial charge is 0.457 e. The summed E-state index contributed by atoms with van der Waals surface area (Å²) < 4.78 is 20.3. The van der Waals surface area contributed by atoms with Crippen LogP contribution in [0.1, 0.15) is 24.2 Å². The summed E-state index contributed by atoms with van der Waals surface area (Å²) in [6.45, 7) is 3.42. The Balaban J connectivity index is 2.44. The number of aliphatic hydroxyl groups excluding tert-OH is 1. The number of aryl methyl sites for hydroxylation is 1. The summed E-state index contributed by atoms with van der Waals surface area (Å²) in [6.07, 6.45) is -0.927. The van der Waals surface area contributed by atoms with Crippen LogP contribution in [-0.4, -0.2) is 5.11 Å². The molecular formula is C15H14BrFO2. The van der Waals surface area contributed by atoms with Crippen molar-refractivity contribution in [1.82, 2.24) is 0 Å². The molecule has 0 aliphatic rings. The molecule has 0 unspecified atom stereocenters. The summed E-state index contributed by atoms with van der Waals surface area (Å²) in [4.78, 5) is 0. The SMILES string of the molecule is Cc1ccc(Br)cc1Oc1cccc(F)c1[C@@H](C)O. The minimum Gasteiger partial charge on any atom is -0.457 e. The fraction of sp³-hybridized carbons (Fsp3) is 0.200. The Kier molecular flexibility index (Phi) is 4.22. The predicted molar refractivity (Wildman–Crippen MR) is 76.0 cm³/mol. The molecule has 19 heavy (non-hydrogen) atoms. The molecule has 1 N–H and O–H groups in total. The van der Waals surface area contributed by atoms with Gasteiger partial charge in [-0.2, -0.15) is 0 Å². The van der Waals surface area contributed by atoms with E-state index in [0.717, 1.165) is 10.0 Å².